The van der Waals surface area contributed by atoms with Gasteiger partial charge in [0.2, 0.25) is 5.91 Å². The first-order valence-corrected chi connectivity index (χ1v) is 10.2. The fourth-order valence-corrected chi connectivity index (χ4v) is 3.79. The molecule has 0 atom stereocenters. The molecule has 0 unspecified atom stereocenters. The maximum Gasteiger partial charge on any atom is 0.235 e. The Balaban J connectivity index is 1.53. The third-order valence-electron chi connectivity index (χ3n) is 3.93. The summed E-state index contributed by atoms with van der Waals surface area (Å²) >= 11 is 5.76. The third-order valence-corrected chi connectivity index (χ3v) is 5.82. The molecule has 0 saturated carbocycles. The van der Waals surface area contributed by atoms with Gasteiger partial charge in [-0.2, -0.15) is 0 Å². The summed E-state index contributed by atoms with van der Waals surface area (Å²) in [6, 6.07) is 13.5. The predicted octanol–water partition coefficient (Wildman–Crippen LogP) is 2.67. The van der Waals surface area contributed by atoms with Gasteiger partial charge in [-0.3, -0.25) is 4.79 Å². The molecule has 0 aliphatic carbocycles. The van der Waals surface area contributed by atoms with Gasteiger partial charge in [0.1, 0.15) is 5.75 Å². The molecular weight excluding hydrogens is 386 g/mol. The van der Waals surface area contributed by atoms with E-state index in [2.05, 4.69) is 10.3 Å². The SMILES string of the molecule is O=C(CS(=O)(=O)c1ccc(Cl)cc1)NCc1ccc(Cn2ccnc2)cc1. The first kappa shape index (κ1) is 19.1. The smallest absolute Gasteiger partial charge is 0.235 e. The van der Waals surface area contributed by atoms with Crippen LogP contribution in [0.5, 0.6) is 0 Å². The summed E-state index contributed by atoms with van der Waals surface area (Å²) in [6.07, 6.45) is 5.35. The molecule has 0 aliphatic heterocycles. The van der Waals surface area contributed by atoms with E-state index in [1.54, 1.807) is 12.5 Å². The van der Waals surface area contributed by atoms with Gasteiger partial charge in [-0.05, 0) is 35.4 Å². The number of aromatic nitrogens is 2. The number of amides is 1. The Morgan fingerprint density at radius 1 is 1.04 bits per heavy atom. The van der Waals surface area contributed by atoms with Crippen molar-refractivity contribution in [1.29, 1.82) is 0 Å². The summed E-state index contributed by atoms with van der Waals surface area (Å²) in [6.45, 7) is 0.978. The Morgan fingerprint density at radius 3 is 2.33 bits per heavy atom. The van der Waals surface area contributed by atoms with Crippen molar-refractivity contribution in [3.05, 3.63) is 83.4 Å². The lowest BCUT2D eigenvalue weighted by atomic mass is 10.1. The lowest BCUT2D eigenvalue weighted by molar-refractivity contribution is -0.118. The molecule has 2 aromatic carbocycles. The summed E-state index contributed by atoms with van der Waals surface area (Å²) in [4.78, 5) is 16.1. The molecule has 8 heteroatoms. The molecule has 1 aromatic heterocycles. The first-order chi connectivity index (χ1) is 12.9. The molecule has 0 fully saturated rings. The molecular formula is C19H18ClN3O3S. The second-order valence-electron chi connectivity index (χ2n) is 6.04. The van der Waals surface area contributed by atoms with Gasteiger partial charge in [0.05, 0.1) is 11.2 Å². The maximum atomic E-state index is 12.2. The van der Waals surface area contributed by atoms with Crippen LogP contribution in [-0.4, -0.2) is 29.6 Å². The van der Waals surface area contributed by atoms with Crippen LogP contribution in [0.2, 0.25) is 5.02 Å². The maximum absolute atomic E-state index is 12.2. The van der Waals surface area contributed by atoms with Gasteiger partial charge in [0.15, 0.2) is 9.84 Å². The number of hydrogen-bond acceptors (Lipinski definition) is 4. The molecule has 0 saturated heterocycles. The van der Waals surface area contributed by atoms with Crippen molar-refractivity contribution in [3.63, 3.8) is 0 Å². The zero-order chi connectivity index (χ0) is 19.3. The number of rotatable bonds is 7. The van der Waals surface area contributed by atoms with Crippen LogP contribution in [-0.2, 0) is 27.7 Å². The van der Waals surface area contributed by atoms with Gasteiger partial charge in [-0.1, -0.05) is 35.9 Å². The van der Waals surface area contributed by atoms with Gasteiger partial charge in [0.25, 0.3) is 0 Å². The standard InChI is InChI=1S/C19H18ClN3O3S/c20-17-5-7-18(8-6-17)27(25,26)13-19(24)22-11-15-1-3-16(4-2-15)12-23-10-9-21-14-23/h1-10,14H,11-13H2,(H,22,24). The van der Waals surface area contributed by atoms with Gasteiger partial charge in [-0.25, -0.2) is 13.4 Å². The van der Waals surface area contributed by atoms with Crippen LogP contribution in [0.15, 0.2) is 72.1 Å². The van der Waals surface area contributed by atoms with Crippen molar-refractivity contribution in [1.82, 2.24) is 14.9 Å². The van der Waals surface area contributed by atoms with Gasteiger partial charge >= 0.3 is 0 Å². The van der Waals surface area contributed by atoms with E-state index < -0.39 is 21.5 Å². The van der Waals surface area contributed by atoms with Crippen LogP contribution in [0.3, 0.4) is 0 Å². The van der Waals surface area contributed by atoms with E-state index in [4.69, 9.17) is 11.6 Å². The highest BCUT2D eigenvalue weighted by molar-refractivity contribution is 7.92. The summed E-state index contributed by atoms with van der Waals surface area (Å²) in [5, 5.41) is 3.08. The lowest BCUT2D eigenvalue weighted by Gasteiger charge is -2.08. The fraction of sp³-hybridized carbons (Fsp3) is 0.158. The Morgan fingerprint density at radius 2 is 1.70 bits per heavy atom. The van der Waals surface area contributed by atoms with E-state index in [-0.39, 0.29) is 11.4 Å². The molecule has 6 nitrogen and oxygen atoms in total. The van der Waals surface area contributed by atoms with Gasteiger partial charge < -0.3 is 9.88 Å². The third kappa shape index (κ3) is 5.42. The van der Waals surface area contributed by atoms with Crippen LogP contribution in [0.4, 0.5) is 0 Å². The van der Waals surface area contributed by atoms with Crippen LogP contribution < -0.4 is 5.32 Å². The van der Waals surface area contributed by atoms with Crippen molar-refractivity contribution in [3.8, 4) is 0 Å². The Bertz CT molecular complexity index is 999. The quantitative estimate of drug-likeness (QED) is 0.657. The van der Waals surface area contributed by atoms with Crippen LogP contribution in [0.1, 0.15) is 11.1 Å². The number of benzene rings is 2. The molecule has 1 amide bonds. The van der Waals surface area contributed by atoms with Crippen molar-refractivity contribution < 1.29 is 13.2 Å². The van der Waals surface area contributed by atoms with E-state index in [9.17, 15) is 13.2 Å². The second-order valence-corrected chi connectivity index (χ2v) is 8.47. The number of carbonyl (C=O) groups is 1. The average molecular weight is 404 g/mol. The highest BCUT2D eigenvalue weighted by Crippen LogP contribution is 2.15. The lowest BCUT2D eigenvalue weighted by Crippen LogP contribution is -2.29. The molecule has 3 rings (SSSR count). The van der Waals surface area contributed by atoms with Crippen molar-refractivity contribution >= 4 is 27.3 Å². The number of nitrogens with zero attached hydrogens (tertiary/aromatic N) is 2. The normalized spacial score (nSPS) is 11.3. The Hall–Kier alpha value is -2.64. The summed E-state index contributed by atoms with van der Waals surface area (Å²) < 4.78 is 26.5. The Labute approximate surface area is 162 Å². The van der Waals surface area contributed by atoms with E-state index in [0.29, 0.717) is 11.6 Å². The average Bonchev–Trinajstić information content (AvgIpc) is 3.14. The zero-order valence-electron chi connectivity index (χ0n) is 14.4. The number of imidazole rings is 1. The number of sulfone groups is 1. The van der Waals surface area contributed by atoms with Crippen LogP contribution in [0.25, 0.3) is 0 Å². The molecule has 140 valence electrons. The number of hydrogen-bond donors (Lipinski definition) is 1. The van der Waals surface area contributed by atoms with E-state index >= 15 is 0 Å². The minimum Gasteiger partial charge on any atom is -0.351 e. The molecule has 1 N–H and O–H groups in total. The number of nitrogens with one attached hydrogen (secondary N) is 1. The second kappa shape index (κ2) is 8.37. The highest BCUT2D eigenvalue weighted by atomic mass is 35.5. The minimum atomic E-state index is -3.70. The molecule has 0 aliphatic rings. The van der Waals surface area contributed by atoms with Crippen molar-refractivity contribution in [2.75, 3.05) is 5.75 Å². The predicted molar refractivity (Wildman–Crippen MR) is 103 cm³/mol. The molecule has 3 aromatic rings. The monoisotopic (exact) mass is 403 g/mol. The van der Waals surface area contributed by atoms with Crippen molar-refractivity contribution in [2.24, 2.45) is 0 Å². The summed E-state index contributed by atoms with van der Waals surface area (Å²) in [5.74, 6) is -1.15. The number of carbonyl (C=O) groups excluding carboxylic acids is 1. The molecule has 27 heavy (non-hydrogen) atoms. The molecule has 0 bridgehead atoms. The zero-order valence-corrected chi connectivity index (χ0v) is 15.9. The van der Waals surface area contributed by atoms with Crippen molar-refractivity contribution in [2.45, 2.75) is 18.0 Å². The Kier molecular flexibility index (Phi) is 5.93. The van der Waals surface area contributed by atoms with Gasteiger partial charge in [-0.15, -0.1) is 0 Å². The fourth-order valence-electron chi connectivity index (χ4n) is 2.50. The van der Waals surface area contributed by atoms with Crippen LogP contribution >= 0.6 is 11.6 Å². The summed E-state index contributed by atoms with van der Waals surface area (Å²) in [7, 11) is -3.70. The molecule has 0 radical (unpaired) electrons. The van der Waals surface area contributed by atoms with Gasteiger partial charge in [0, 0.05) is 30.5 Å². The van der Waals surface area contributed by atoms with E-state index in [0.717, 1.165) is 11.1 Å². The molecule has 0 spiro atoms. The van der Waals surface area contributed by atoms with E-state index in [1.807, 2.05) is 35.0 Å². The topological polar surface area (TPSA) is 81.1 Å². The largest absolute Gasteiger partial charge is 0.351 e. The molecule has 1 heterocycles. The van der Waals surface area contributed by atoms with Crippen LogP contribution in [0, 0.1) is 0 Å². The summed E-state index contributed by atoms with van der Waals surface area (Å²) in [5.41, 5.74) is 2.00. The first-order valence-electron chi connectivity index (χ1n) is 8.21. The van der Waals surface area contributed by atoms with E-state index in [1.165, 1.54) is 24.3 Å². The highest BCUT2D eigenvalue weighted by Gasteiger charge is 2.19. The minimum absolute atomic E-state index is 0.0749. The number of halogens is 1.